The number of hydrogen-bond acceptors (Lipinski definition) is 3. The summed E-state index contributed by atoms with van der Waals surface area (Å²) in [5.41, 5.74) is 0.706. The first-order valence-corrected chi connectivity index (χ1v) is 7.25. The molecule has 0 bridgehead atoms. The van der Waals surface area contributed by atoms with Crippen LogP contribution in [0.15, 0.2) is 48.7 Å². The second-order valence-corrected chi connectivity index (χ2v) is 5.81. The molecule has 0 saturated heterocycles. The number of rotatable bonds is 4. The van der Waals surface area contributed by atoms with Crippen molar-refractivity contribution >= 4 is 27.4 Å². The summed E-state index contributed by atoms with van der Waals surface area (Å²) in [6, 6.07) is 12.1. The van der Waals surface area contributed by atoms with E-state index in [1.807, 2.05) is 6.07 Å². The fourth-order valence-electron chi connectivity index (χ4n) is 1.44. The highest BCUT2D eigenvalue weighted by molar-refractivity contribution is 7.91. The maximum atomic E-state index is 11.9. The zero-order valence-corrected chi connectivity index (χ0v) is 10.9. The highest BCUT2D eigenvalue weighted by Crippen LogP contribution is 2.19. The summed E-state index contributed by atoms with van der Waals surface area (Å²) in [6.45, 7) is 0. The zero-order chi connectivity index (χ0) is 13.0. The van der Waals surface area contributed by atoms with Crippen LogP contribution in [0.1, 0.15) is 5.56 Å². The minimum absolute atomic E-state index is 0.110. The molecule has 0 radical (unpaired) electrons. The van der Waals surface area contributed by atoms with Gasteiger partial charge in [-0.2, -0.15) is 0 Å². The standard InChI is InChI=1S/C12H11ClN2O2S/c13-11-7-4-8-14-12(11)15-18(16,17)9-10-5-2-1-3-6-10/h1-8H,9H2,(H,14,15). The number of pyridine rings is 1. The van der Waals surface area contributed by atoms with E-state index in [1.54, 1.807) is 36.4 Å². The van der Waals surface area contributed by atoms with Crippen molar-refractivity contribution in [3.05, 3.63) is 59.2 Å². The smallest absolute Gasteiger partial charge is 0.238 e. The topological polar surface area (TPSA) is 59.1 Å². The van der Waals surface area contributed by atoms with E-state index >= 15 is 0 Å². The molecule has 0 unspecified atom stereocenters. The van der Waals surface area contributed by atoms with E-state index in [4.69, 9.17) is 11.6 Å². The number of sulfonamides is 1. The van der Waals surface area contributed by atoms with Crippen molar-refractivity contribution in [2.45, 2.75) is 5.75 Å². The number of halogens is 1. The Labute approximate surface area is 111 Å². The summed E-state index contributed by atoms with van der Waals surface area (Å²) in [5.74, 6) is 0.0379. The lowest BCUT2D eigenvalue weighted by atomic mass is 10.2. The Bertz CT molecular complexity index is 630. The van der Waals surface area contributed by atoms with Gasteiger partial charge in [0.25, 0.3) is 0 Å². The van der Waals surface area contributed by atoms with Gasteiger partial charge in [-0.25, -0.2) is 13.4 Å². The Kier molecular flexibility index (Phi) is 3.84. The second-order valence-electron chi connectivity index (χ2n) is 3.68. The maximum Gasteiger partial charge on any atom is 0.238 e. The monoisotopic (exact) mass is 282 g/mol. The van der Waals surface area contributed by atoms with E-state index in [-0.39, 0.29) is 16.6 Å². The van der Waals surface area contributed by atoms with E-state index < -0.39 is 10.0 Å². The summed E-state index contributed by atoms with van der Waals surface area (Å²) in [5, 5.41) is 0.272. The summed E-state index contributed by atoms with van der Waals surface area (Å²) < 4.78 is 26.2. The lowest BCUT2D eigenvalue weighted by Gasteiger charge is -2.08. The van der Waals surface area contributed by atoms with Gasteiger partial charge >= 0.3 is 0 Å². The minimum atomic E-state index is -3.51. The first-order chi connectivity index (χ1) is 8.57. The van der Waals surface area contributed by atoms with Gasteiger partial charge in [0.2, 0.25) is 10.0 Å². The van der Waals surface area contributed by atoms with Crippen LogP contribution in [-0.4, -0.2) is 13.4 Å². The van der Waals surface area contributed by atoms with Crippen LogP contribution in [0, 0.1) is 0 Å². The van der Waals surface area contributed by atoms with Gasteiger partial charge in [-0.15, -0.1) is 0 Å². The number of aromatic nitrogens is 1. The van der Waals surface area contributed by atoms with Crippen molar-refractivity contribution in [1.29, 1.82) is 0 Å². The van der Waals surface area contributed by atoms with E-state index in [9.17, 15) is 8.42 Å². The molecule has 0 aliphatic heterocycles. The molecule has 0 saturated carbocycles. The third-order valence-corrected chi connectivity index (χ3v) is 3.73. The van der Waals surface area contributed by atoms with Gasteiger partial charge < -0.3 is 0 Å². The molecule has 94 valence electrons. The number of anilines is 1. The fraction of sp³-hybridized carbons (Fsp3) is 0.0833. The number of hydrogen-bond donors (Lipinski definition) is 1. The summed E-state index contributed by atoms with van der Waals surface area (Å²) in [7, 11) is -3.51. The molecule has 6 heteroatoms. The van der Waals surface area contributed by atoms with Gasteiger partial charge in [0.15, 0.2) is 5.82 Å². The predicted octanol–water partition coefficient (Wildman–Crippen LogP) is 2.68. The molecular formula is C12H11ClN2O2S. The molecule has 4 nitrogen and oxygen atoms in total. The Hall–Kier alpha value is -1.59. The molecule has 0 aliphatic carbocycles. The molecule has 1 N–H and O–H groups in total. The van der Waals surface area contributed by atoms with E-state index in [0.717, 1.165) is 0 Å². The van der Waals surface area contributed by atoms with Crippen molar-refractivity contribution in [3.63, 3.8) is 0 Å². The molecule has 0 aliphatic rings. The number of benzene rings is 1. The molecule has 2 rings (SSSR count). The molecule has 0 atom stereocenters. The third kappa shape index (κ3) is 3.45. The van der Waals surface area contributed by atoms with Gasteiger partial charge in [-0.3, -0.25) is 4.72 Å². The average molecular weight is 283 g/mol. The normalized spacial score (nSPS) is 11.2. The minimum Gasteiger partial charge on any atom is -0.266 e. The van der Waals surface area contributed by atoms with Crippen LogP contribution in [0.2, 0.25) is 5.02 Å². The predicted molar refractivity (Wildman–Crippen MR) is 71.9 cm³/mol. The fourth-order valence-corrected chi connectivity index (χ4v) is 2.82. The van der Waals surface area contributed by atoms with Gasteiger partial charge in [0.1, 0.15) is 0 Å². The first-order valence-electron chi connectivity index (χ1n) is 5.22. The van der Waals surface area contributed by atoms with Crippen molar-refractivity contribution in [2.24, 2.45) is 0 Å². The van der Waals surface area contributed by atoms with Gasteiger partial charge in [0.05, 0.1) is 10.8 Å². The van der Waals surface area contributed by atoms with Gasteiger partial charge in [0, 0.05) is 6.20 Å². The molecule has 0 spiro atoms. The van der Waals surface area contributed by atoms with Crippen LogP contribution in [0.3, 0.4) is 0 Å². The molecule has 2 aromatic rings. The maximum absolute atomic E-state index is 11.9. The Balaban J connectivity index is 2.16. The van der Waals surface area contributed by atoms with Gasteiger partial charge in [-0.1, -0.05) is 41.9 Å². The lowest BCUT2D eigenvalue weighted by molar-refractivity contribution is 0.600. The summed E-state index contributed by atoms with van der Waals surface area (Å²) in [4.78, 5) is 3.88. The van der Waals surface area contributed by atoms with Crippen LogP contribution in [0.4, 0.5) is 5.82 Å². The second kappa shape index (κ2) is 5.37. The van der Waals surface area contributed by atoms with Crippen molar-refractivity contribution in [1.82, 2.24) is 4.98 Å². The number of nitrogens with one attached hydrogen (secondary N) is 1. The van der Waals surface area contributed by atoms with Crippen LogP contribution < -0.4 is 4.72 Å². The van der Waals surface area contributed by atoms with Crippen molar-refractivity contribution in [3.8, 4) is 0 Å². The van der Waals surface area contributed by atoms with Crippen LogP contribution in [0.25, 0.3) is 0 Å². The van der Waals surface area contributed by atoms with E-state index in [0.29, 0.717) is 5.56 Å². The Morgan fingerprint density at radius 1 is 1.11 bits per heavy atom. The average Bonchev–Trinajstić information content (AvgIpc) is 2.32. The van der Waals surface area contributed by atoms with E-state index in [2.05, 4.69) is 9.71 Å². The van der Waals surface area contributed by atoms with Crippen molar-refractivity contribution in [2.75, 3.05) is 4.72 Å². The summed E-state index contributed by atoms with van der Waals surface area (Å²) in [6.07, 6.45) is 1.48. The lowest BCUT2D eigenvalue weighted by Crippen LogP contribution is -2.16. The highest BCUT2D eigenvalue weighted by Gasteiger charge is 2.13. The SMILES string of the molecule is O=S(=O)(Cc1ccccc1)Nc1ncccc1Cl. The van der Waals surface area contributed by atoms with Crippen LogP contribution in [0.5, 0.6) is 0 Å². The highest BCUT2D eigenvalue weighted by atomic mass is 35.5. The molecular weight excluding hydrogens is 272 g/mol. The molecule has 18 heavy (non-hydrogen) atoms. The van der Waals surface area contributed by atoms with Gasteiger partial charge in [-0.05, 0) is 17.7 Å². The quantitative estimate of drug-likeness (QED) is 0.938. The molecule has 1 aromatic heterocycles. The molecule has 1 heterocycles. The number of nitrogens with zero attached hydrogens (tertiary/aromatic N) is 1. The van der Waals surface area contributed by atoms with Crippen LogP contribution >= 0.6 is 11.6 Å². The van der Waals surface area contributed by atoms with Crippen molar-refractivity contribution < 1.29 is 8.42 Å². The molecule has 0 amide bonds. The largest absolute Gasteiger partial charge is 0.266 e. The Morgan fingerprint density at radius 2 is 1.83 bits per heavy atom. The van der Waals surface area contributed by atoms with E-state index in [1.165, 1.54) is 6.20 Å². The zero-order valence-electron chi connectivity index (χ0n) is 9.38. The third-order valence-electron chi connectivity index (χ3n) is 2.21. The molecule has 1 aromatic carbocycles. The first kappa shape index (κ1) is 12.9. The molecule has 0 fully saturated rings. The van der Waals surface area contributed by atoms with Crippen LogP contribution in [-0.2, 0) is 15.8 Å². The Morgan fingerprint density at radius 3 is 2.50 bits per heavy atom. The summed E-state index contributed by atoms with van der Waals surface area (Å²) >= 11 is 5.84.